The smallest absolute Gasteiger partial charge is 0.326 e. The van der Waals surface area contributed by atoms with Gasteiger partial charge in [-0.2, -0.15) is 0 Å². The summed E-state index contributed by atoms with van der Waals surface area (Å²) in [5, 5.41) is 14.5. The third-order valence-corrected chi connectivity index (χ3v) is 4.73. The van der Waals surface area contributed by atoms with Crippen LogP contribution in [0.1, 0.15) is 38.8 Å². The topological polar surface area (TPSA) is 215 Å². The van der Waals surface area contributed by atoms with Gasteiger partial charge in [0.05, 0.1) is 12.4 Å². The predicted molar refractivity (Wildman–Crippen MR) is 111 cm³/mol. The van der Waals surface area contributed by atoms with Gasteiger partial charge in [0, 0.05) is 24.9 Å². The first-order chi connectivity index (χ1) is 14.1. The fraction of sp³-hybridized carbons (Fsp3) is 0.611. The second-order valence-electron chi connectivity index (χ2n) is 7.10. The average Bonchev–Trinajstić information content (AvgIpc) is 3.20. The standard InChI is InChI=1S/C18H32N8O4/c1-3-10(2)14(19)16(28)26-13(7-11-8-22-9-24-11)15(27)25-12(17(29)30)5-4-6-23-18(20)21/h8-10,12-14H,3-7,19H2,1-2H3,(H,22,24)(H,25,27)(H,26,28)(H,29,30)(H4,20,21,23)/t10-,12-,13-,14-/m0/s1. The molecule has 0 aromatic carbocycles. The molecule has 0 aliphatic carbocycles. The molecule has 12 nitrogen and oxygen atoms in total. The van der Waals surface area contributed by atoms with Crippen molar-refractivity contribution in [3.05, 3.63) is 18.2 Å². The summed E-state index contributed by atoms with van der Waals surface area (Å²) < 4.78 is 0. The Labute approximate surface area is 175 Å². The Bertz CT molecular complexity index is 718. The molecule has 10 N–H and O–H groups in total. The van der Waals surface area contributed by atoms with Crippen LogP contribution in [-0.4, -0.2) is 63.5 Å². The Morgan fingerprint density at radius 1 is 1.23 bits per heavy atom. The number of nitrogens with two attached hydrogens (primary N) is 3. The van der Waals surface area contributed by atoms with E-state index in [1.54, 1.807) is 0 Å². The quantitative estimate of drug-likeness (QED) is 0.111. The summed E-state index contributed by atoms with van der Waals surface area (Å²) in [4.78, 5) is 47.4. The van der Waals surface area contributed by atoms with Gasteiger partial charge in [-0.15, -0.1) is 0 Å². The predicted octanol–water partition coefficient (Wildman–Crippen LogP) is -1.57. The van der Waals surface area contributed by atoms with Crippen molar-refractivity contribution in [2.24, 2.45) is 28.1 Å². The number of amides is 2. The number of guanidine groups is 1. The van der Waals surface area contributed by atoms with E-state index in [2.05, 4.69) is 25.6 Å². The molecular formula is C18H32N8O4. The Kier molecular flexibility index (Phi) is 10.3. The van der Waals surface area contributed by atoms with Gasteiger partial charge in [-0.05, 0) is 18.8 Å². The second-order valence-corrected chi connectivity index (χ2v) is 7.10. The van der Waals surface area contributed by atoms with Crippen molar-refractivity contribution in [1.82, 2.24) is 20.6 Å². The van der Waals surface area contributed by atoms with Crippen molar-refractivity contribution >= 4 is 23.7 Å². The fourth-order valence-electron chi connectivity index (χ4n) is 2.64. The summed E-state index contributed by atoms with van der Waals surface area (Å²) in [5.74, 6) is -2.49. The van der Waals surface area contributed by atoms with Crippen LogP contribution < -0.4 is 27.8 Å². The maximum absolute atomic E-state index is 12.8. The molecule has 168 valence electrons. The number of carboxylic acid groups (broad SMARTS) is 1. The minimum atomic E-state index is -1.20. The van der Waals surface area contributed by atoms with Gasteiger partial charge in [0.2, 0.25) is 11.8 Å². The Hall–Kier alpha value is -3.15. The van der Waals surface area contributed by atoms with E-state index in [-0.39, 0.29) is 31.3 Å². The normalized spacial score (nSPS) is 14.8. The molecule has 1 rings (SSSR count). The molecule has 1 aromatic rings. The summed E-state index contributed by atoms with van der Waals surface area (Å²) in [7, 11) is 0. The molecule has 4 atom stereocenters. The SMILES string of the molecule is CC[C@H](C)[C@H](N)C(=O)N[C@@H](Cc1cnc[nH]1)C(=O)N[C@@H](CCCN=C(N)N)C(=O)O. The molecule has 0 spiro atoms. The van der Waals surface area contributed by atoms with E-state index in [0.29, 0.717) is 18.5 Å². The number of carbonyl (C=O) groups is 3. The highest BCUT2D eigenvalue weighted by Crippen LogP contribution is 2.07. The number of hydrogen-bond donors (Lipinski definition) is 7. The van der Waals surface area contributed by atoms with Crippen LogP contribution in [-0.2, 0) is 20.8 Å². The average molecular weight is 425 g/mol. The molecule has 0 fully saturated rings. The molecule has 0 aliphatic rings. The number of hydrogen-bond acceptors (Lipinski definition) is 6. The van der Waals surface area contributed by atoms with E-state index in [0.717, 1.165) is 0 Å². The van der Waals surface area contributed by atoms with Crippen molar-refractivity contribution in [2.45, 2.75) is 57.7 Å². The number of aromatic nitrogens is 2. The van der Waals surface area contributed by atoms with Gasteiger partial charge < -0.3 is 37.9 Å². The van der Waals surface area contributed by atoms with Crippen LogP contribution in [0, 0.1) is 5.92 Å². The number of H-pyrrole nitrogens is 1. The van der Waals surface area contributed by atoms with Crippen molar-refractivity contribution in [2.75, 3.05) is 6.54 Å². The number of aliphatic imine (C=N–C) groups is 1. The Balaban J connectivity index is 2.84. The zero-order valence-electron chi connectivity index (χ0n) is 17.3. The minimum Gasteiger partial charge on any atom is -0.480 e. The molecule has 1 aromatic heterocycles. The van der Waals surface area contributed by atoms with Crippen LogP contribution in [0.15, 0.2) is 17.5 Å². The Morgan fingerprint density at radius 3 is 2.43 bits per heavy atom. The van der Waals surface area contributed by atoms with Crippen molar-refractivity contribution < 1.29 is 19.5 Å². The maximum Gasteiger partial charge on any atom is 0.326 e. The van der Waals surface area contributed by atoms with E-state index in [4.69, 9.17) is 17.2 Å². The fourth-order valence-corrected chi connectivity index (χ4v) is 2.64. The minimum absolute atomic E-state index is 0.0804. The van der Waals surface area contributed by atoms with Gasteiger partial charge in [0.15, 0.2) is 5.96 Å². The van der Waals surface area contributed by atoms with E-state index in [1.807, 2.05) is 13.8 Å². The number of nitrogens with zero attached hydrogens (tertiary/aromatic N) is 2. The van der Waals surface area contributed by atoms with Gasteiger partial charge in [-0.25, -0.2) is 9.78 Å². The molecular weight excluding hydrogens is 392 g/mol. The first-order valence-electron chi connectivity index (χ1n) is 9.77. The van der Waals surface area contributed by atoms with Crippen molar-refractivity contribution in [3.8, 4) is 0 Å². The highest BCUT2D eigenvalue weighted by molar-refractivity contribution is 5.92. The van der Waals surface area contributed by atoms with Crippen LogP contribution in [0.4, 0.5) is 0 Å². The van der Waals surface area contributed by atoms with Crippen LogP contribution in [0.25, 0.3) is 0 Å². The first-order valence-corrected chi connectivity index (χ1v) is 9.77. The molecule has 0 aliphatic heterocycles. The zero-order chi connectivity index (χ0) is 22.7. The number of aromatic amines is 1. The summed E-state index contributed by atoms with van der Waals surface area (Å²) in [6.45, 7) is 3.98. The lowest BCUT2D eigenvalue weighted by Crippen LogP contribution is -2.56. The summed E-state index contributed by atoms with van der Waals surface area (Å²) in [6.07, 6.45) is 4.24. The molecule has 30 heavy (non-hydrogen) atoms. The van der Waals surface area contributed by atoms with E-state index in [9.17, 15) is 19.5 Å². The summed E-state index contributed by atoms with van der Waals surface area (Å²) in [6, 6.07) is -2.97. The largest absolute Gasteiger partial charge is 0.480 e. The highest BCUT2D eigenvalue weighted by atomic mass is 16.4. The molecule has 0 radical (unpaired) electrons. The number of aliphatic carboxylic acids is 1. The monoisotopic (exact) mass is 424 g/mol. The van der Waals surface area contributed by atoms with Crippen molar-refractivity contribution in [3.63, 3.8) is 0 Å². The van der Waals surface area contributed by atoms with Crippen molar-refractivity contribution in [1.29, 1.82) is 0 Å². The molecule has 0 bridgehead atoms. The highest BCUT2D eigenvalue weighted by Gasteiger charge is 2.29. The van der Waals surface area contributed by atoms with E-state index in [1.165, 1.54) is 12.5 Å². The molecule has 2 amide bonds. The van der Waals surface area contributed by atoms with E-state index >= 15 is 0 Å². The zero-order valence-corrected chi connectivity index (χ0v) is 17.3. The summed E-state index contributed by atoms with van der Waals surface area (Å²) >= 11 is 0. The van der Waals surface area contributed by atoms with Gasteiger partial charge in [-0.3, -0.25) is 14.6 Å². The second kappa shape index (κ2) is 12.4. The molecule has 0 saturated heterocycles. The van der Waals surface area contributed by atoms with Crippen LogP contribution in [0.5, 0.6) is 0 Å². The van der Waals surface area contributed by atoms with Crippen LogP contribution in [0.3, 0.4) is 0 Å². The van der Waals surface area contributed by atoms with Gasteiger partial charge in [0.1, 0.15) is 12.1 Å². The molecule has 1 heterocycles. The van der Waals surface area contributed by atoms with Crippen LogP contribution >= 0.6 is 0 Å². The van der Waals surface area contributed by atoms with Gasteiger partial charge >= 0.3 is 5.97 Å². The first kappa shape index (κ1) is 24.9. The molecule has 0 unspecified atom stereocenters. The third-order valence-electron chi connectivity index (χ3n) is 4.73. The Morgan fingerprint density at radius 2 is 1.90 bits per heavy atom. The number of carbonyl (C=O) groups excluding carboxylic acids is 2. The lowest BCUT2D eigenvalue weighted by Gasteiger charge is -2.24. The number of rotatable bonds is 13. The molecule has 12 heteroatoms. The number of imidazole rings is 1. The lowest BCUT2D eigenvalue weighted by molar-refractivity contribution is -0.142. The maximum atomic E-state index is 12.8. The molecule has 0 saturated carbocycles. The van der Waals surface area contributed by atoms with Gasteiger partial charge in [-0.1, -0.05) is 20.3 Å². The lowest BCUT2D eigenvalue weighted by atomic mass is 9.98. The van der Waals surface area contributed by atoms with E-state index < -0.39 is 35.9 Å². The number of nitrogens with one attached hydrogen (secondary N) is 3. The third kappa shape index (κ3) is 8.47. The van der Waals surface area contributed by atoms with Crippen LogP contribution in [0.2, 0.25) is 0 Å². The summed E-state index contributed by atoms with van der Waals surface area (Å²) in [5.41, 5.74) is 17.0. The number of carboxylic acids is 1. The van der Waals surface area contributed by atoms with Gasteiger partial charge in [0.25, 0.3) is 0 Å².